The third kappa shape index (κ3) is 2.83. The molecule has 0 bridgehead atoms. The second kappa shape index (κ2) is 6.33. The van der Waals surface area contributed by atoms with Crippen molar-refractivity contribution in [3.8, 4) is 11.1 Å². The van der Waals surface area contributed by atoms with Crippen molar-refractivity contribution in [1.29, 1.82) is 0 Å². The van der Waals surface area contributed by atoms with Gasteiger partial charge in [-0.2, -0.15) is 0 Å². The highest BCUT2D eigenvalue weighted by molar-refractivity contribution is 8.18. The molecule has 0 spiro atoms. The van der Waals surface area contributed by atoms with Crippen molar-refractivity contribution in [3.05, 3.63) is 70.6 Å². The Balaban J connectivity index is 1.69. The molecule has 0 saturated carbocycles. The molecule has 0 atom stereocenters. The van der Waals surface area contributed by atoms with Crippen molar-refractivity contribution < 1.29 is 9.59 Å². The van der Waals surface area contributed by atoms with Gasteiger partial charge in [-0.25, -0.2) is 0 Å². The Morgan fingerprint density at radius 3 is 2.70 bits per heavy atom. The van der Waals surface area contributed by atoms with Gasteiger partial charge in [0.2, 0.25) is 0 Å². The second-order valence-corrected chi connectivity index (χ2v) is 8.06. The van der Waals surface area contributed by atoms with Gasteiger partial charge in [0, 0.05) is 27.2 Å². The Morgan fingerprint density at radius 2 is 1.85 bits per heavy atom. The van der Waals surface area contributed by atoms with E-state index in [-0.39, 0.29) is 11.1 Å². The summed E-state index contributed by atoms with van der Waals surface area (Å²) in [5.74, 6) is -0.347. The number of nitrogens with one attached hydrogen (secondary N) is 1. The van der Waals surface area contributed by atoms with E-state index in [9.17, 15) is 9.59 Å². The lowest BCUT2D eigenvalue weighted by Gasteiger charge is -2.07. The van der Waals surface area contributed by atoms with Crippen molar-refractivity contribution in [2.45, 2.75) is 0 Å². The van der Waals surface area contributed by atoms with Gasteiger partial charge >= 0.3 is 0 Å². The van der Waals surface area contributed by atoms with E-state index in [0.29, 0.717) is 4.91 Å². The monoisotopic (exact) mass is 388 g/mol. The molecule has 6 heteroatoms. The lowest BCUT2D eigenvalue weighted by atomic mass is 9.99. The lowest BCUT2D eigenvalue weighted by Crippen LogP contribution is -2.17. The van der Waals surface area contributed by atoms with Gasteiger partial charge in [-0.15, -0.1) is 11.3 Å². The van der Waals surface area contributed by atoms with Crippen molar-refractivity contribution in [2.75, 3.05) is 0 Å². The number of benzene rings is 2. The van der Waals surface area contributed by atoms with Crippen LogP contribution in [0.25, 0.3) is 38.2 Å². The van der Waals surface area contributed by atoms with Gasteiger partial charge in [0.1, 0.15) is 0 Å². The molecule has 5 rings (SSSR count). The van der Waals surface area contributed by atoms with Gasteiger partial charge in [0.05, 0.1) is 10.4 Å². The summed E-state index contributed by atoms with van der Waals surface area (Å²) < 4.78 is 1.24. The number of nitrogens with zero attached hydrogens (tertiary/aromatic N) is 1. The fourth-order valence-electron chi connectivity index (χ4n) is 3.25. The summed E-state index contributed by atoms with van der Waals surface area (Å²) in [6, 6.07) is 16.2. The first-order chi connectivity index (χ1) is 13.2. The first-order valence-corrected chi connectivity index (χ1v) is 9.99. The van der Waals surface area contributed by atoms with Crippen molar-refractivity contribution in [3.63, 3.8) is 0 Å². The molecule has 1 saturated heterocycles. The zero-order valence-corrected chi connectivity index (χ0v) is 15.6. The smallest absolute Gasteiger partial charge is 0.282 e. The van der Waals surface area contributed by atoms with Crippen LogP contribution in [0.4, 0.5) is 4.79 Å². The topological polar surface area (TPSA) is 59.1 Å². The van der Waals surface area contributed by atoms with E-state index in [2.05, 4.69) is 27.8 Å². The summed E-state index contributed by atoms with van der Waals surface area (Å²) in [7, 11) is 0. The predicted molar refractivity (Wildman–Crippen MR) is 112 cm³/mol. The zero-order chi connectivity index (χ0) is 18.4. The summed E-state index contributed by atoms with van der Waals surface area (Å²) >= 11 is 2.65. The average Bonchev–Trinajstić information content (AvgIpc) is 3.24. The van der Waals surface area contributed by atoms with Gasteiger partial charge in [0.25, 0.3) is 11.1 Å². The van der Waals surface area contributed by atoms with E-state index in [1.165, 1.54) is 15.6 Å². The summed E-state index contributed by atoms with van der Waals surface area (Å²) in [6.45, 7) is 0. The zero-order valence-electron chi connectivity index (χ0n) is 13.9. The molecular weight excluding hydrogens is 376 g/mol. The van der Waals surface area contributed by atoms with Crippen molar-refractivity contribution >= 4 is 61.3 Å². The van der Waals surface area contributed by atoms with Crippen LogP contribution in [0.2, 0.25) is 0 Å². The highest BCUT2D eigenvalue weighted by Crippen LogP contribution is 2.37. The first-order valence-electron chi connectivity index (χ1n) is 8.29. The molecule has 1 fully saturated rings. The van der Waals surface area contributed by atoms with E-state index in [1.54, 1.807) is 17.4 Å². The number of imide groups is 1. The van der Waals surface area contributed by atoms with Crippen LogP contribution in [-0.4, -0.2) is 16.1 Å². The number of carbonyl (C=O) groups excluding carboxylic acids is 2. The molecule has 0 unspecified atom stereocenters. The number of thiophene rings is 1. The molecular formula is C21H12N2O2S2. The number of amides is 2. The van der Waals surface area contributed by atoms with Gasteiger partial charge in [0.15, 0.2) is 0 Å². The Labute approximate surface area is 162 Å². The van der Waals surface area contributed by atoms with Crippen LogP contribution in [0.5, 0.6) is 0 Å². The quantitative estimate of drug-likeness (QED) is 0.465. The van der Waals surface area contributed by atoms with E-state index >= 15 is 0 Å². The fourth-order valence-corrected chi connectivity index (χ4v) is 4.89. The molecule has 0 radical (unpaired) electrons. The van der Waals surface area contributed by atoms with Crippen LogP contribution >= 0.6 is 23.1 Å². The van der Waals surface area contributed by atoms with E-state index in [4.69, 9.17) is 0 Å². The number of carbonyl (C=O) groups is 2. The summed E-state index contributed by atoms with van der Waals surface area (Å²) in [5, 5.41) is 6.36. The van der Waals surface area contributed by atoms with Gasteiger partial charge in [-0.3, -0.25) is 19.9 Å². The number of fused-ring (bicyclic) bond motifs is 2. The van der Waals surface area contributed by atoms with E-state index < -0.39 is 0 Å². The largest absolute Gasteiger partial charge is 0.290 e. The number of hydrogen-bond donors (Lipinski definition) is 1. The number of aromatic nitrogens is 1. The fraction of sp³-hybridized carbons (Fsp3) is 0. The maximum Gasteiger partial charge on any atom is 0.290 e. The average molecular weight is 388 g/mol. The van der Waals surface area contributed by atoms with Gasteiger partial charge < -0.3 is 0 Å². The molecule has 2 aromatic carbocycles. The number of pyridine rings is 1. The molecule has 3 heterocycles. The molecule has 4 nitrogen and oxygen atoms in total. The van der Waals surface area contributed by atoms with Crippen molar-refractivity contribution in [2.24, 2.45) is 0 Å². The number of rotatable bonds is 2. The van der Waals surface area contributed by atoms with Crippen LogP contribution in [0.15, 0.2) is 65.0 Å². The van der Waals surface area contributed by atoms with E-state index in [0.717, 1.165) is 33.8 Å². The highest BCUT2D eigenvalue weighted by atomic mass is 32.2. The van der Waals surface area contributed by atoms with Crippen LogP contribution in [-0.2, 0) is 4.79 Å². The van der Waals surface area contributed by atoms with Gasteiger partial charge in [-0.1, -0.05) is 24.3 Å². The molecule has 130 valence electrons. The predicted octanol–water partition coefficient (Wildman–Crippen LogP) is 5.44. The SMILES string of the molecule is O=C1NC(=O)/C(=C\c2ccc3nccc(-c4csc5ccccc45)c3c2)S1. The minimum Gasteiger partial charge on any atom is -0.282 e. The molecule has 1 aliphatic rings. The molecule has 1 N–H and O–H groups in total. The minimum absolute atomic E-state index is 0.334. The molecule has 1 aliphatic heterocycles. The Morgan fingerprint density at radius 1 is 0.963 bits per heavy atom. The summed E-state index contributed by atoms with van der Waals surface area (Å²) in [4.78, 5) is 28.1. The van der Waals surface area contributed by atoms with Crippen molar-refractivity contribution in [1.82, 2.24) is 10.3 Å². The Bertz CT molecular complexity index is 1270. The Hall–Kier alpha value is -2.96. The molecule has 2 amide bonds. The maximum absolute atomic E-state index is 11.8. The molecule has 4 aromatic rings. The summed E-state index contributed by atoms with van der Waals surface area (Å²) in [5.41, 5.74) is 4.04. The molecule has 27 heavy (non-hydrogen) atoms. The van der Waals surface area contributed by atoms with Gasteiger partial charge in [-0.05, 0) is 58.6 Å². The summed E-state index contributed by atoms with van der Waals surface area (Å²) in [6.07, 6.45) is 3.56. The number of hydrogen-bond acceptors (Lipinski definition) is 5. The normalized spacial score (nSPS) is 15.8. The van der Waals surface area contributed by atoms with E-state index in [1.807, 2.05) is 42.6 Å². The lowest BCUT2D eigenvalue weighted by molar-refractivity contribution is -0.115. The highest BCUT2D eigenvalue weighted by Gasteiger charge is 2.25. The molecule has 0 aliphatic carbocycles. The van der Waals surface area contributed by atoms with Crippen LogP contribution in [0.1, 0.15) is 5.56 Å². The molecule has 2 aromatic heterocycles. The third-order valence-corrected chi connectivity index (χ3v) is 6.25. The van der Waals surface area contributed by atoms with Crippen LogP contribution in [0, 0.1) is 0 Å². The third-order valence-electron chi connectivity index (χ3n) is 4.48. The maximum atomic E-state index is 11.8. The first kappa shape index (κ1) is 16.2. The van der Waals surface area contributed by atoms with Crippen LogP contribution in [0.3, 0.4) is 0 Å². The minimum atomic E-state index is -0.347. The second-order valence-electron chi connectivity index (χ2n) is 6.13. The number of thioether (sulfide) groups is 1. The Kier molecular flexibility index (Phi) is 3.81. The standard InChI is InChI=1S/C21H12N2O2S2/c24-20-19(27-21(25)23-20)10-12-5-6-17-15(9-12)13(7-8-22-17)16-11-26-18-4-2-1-3-14(16)18/h1-11H,(H,23,24,25)/b19-10+. The van der Waals surface area contributed by atoms with Crippen LogP contribution < -0.4 is 5.32 Å².